The minimum Gasteiger partial charge on any atom is -0.494 e. The summed E-state index contributed by atoms with van der Waals surface area (Å²) in [5.74, 6) is 1.53. The number of rotatable bonds is 3. The summed E-state index contributed by atoms with van der Waals surface area (Å²) >= 11 is 6.32. The van der Waals surface area contributed by atoms with Crippen LogP contribution in [0, 0.1) is 0 Å². The Bertz CT molecular complexity index is 628. The van der Waals surface area contributed by atoms with Gasteiger partial charge in [-0.2, -0.15) is 0 Å². The van der Waals surface area contributed by atoms with E-state index >= 15 is 0 Å². The van der Waals surface area contributed by atoms with Crippen molar-refractivity contribution in [2.75, 3.05) is 6.61 Å². The molecule has 0 N–H and O–H groups in total. The highest BCUT2D eigenvalue weighted by atomic mass is 35.5. The molecule has 0 amide bonds. The van der Waals surface area contributed by atoms with Crippen molar-refractivity contribution in [2.24, 2.45) is 0 Å². The highest BCUT2D eigenvalue weighted by Crippen LogP contribution is 2.29. The number of hydrogen-bond acceptors (Lipinski definition) is 3. The molecule has 0 bridgehead atoms. The van der Waals surface area contributed by atoms with Crippen molar-refractivity contribution < 1.29 is 4.74 Å². The van der Waals surface area contributed by atoms with Crippen LogP contribution in [0.4, 0.5) is 0 Å². The van der Waals surface area contributed by atoms with Gasteiger partial charge in [-0.05, 0) is 44.7 Å². The lowest BCUT2D eigenvalue weighted by Crippen LogP contribution is -2.08. The molecule has 1 aliphatic rings. The van der Waals surface area contributed by atoms with Crippen LogP contribution in [0.15, 0.2) is 24.3 Å². The second-order valence-electron chi connectivity index (χ2n) is 4.93. The zero-order chi connectivity index (χ0) is 13.9. The van der Waals surface area contributed by atoms with Gasteiger partial charge in [0.2, 0.25) is 0 Å². The molecule has 0 unspecified atom stereocenters. The molecule has 1 aliphatic carbocycles. The molecule has 0 saturated carbocycles. The Labute approximate surface area is 124 Å². The van der Waals surface area contributed by atoms with Gasteiger partial charge in [0.15, 0.2) is 5.82 Å². The van der Waals surface area contributed by atoms with Crippen molar-refractivity contribution in [3.05, 3.63) is 40.7 Å². The maximum atomic E-state index is 6.32. The smallest absolute Gasteiger partial charge is 0.161 e. The van der Waals surface area contributed by atoms with Crippen LogP contribution in [-0.4, -0.2) is 16.6 Å². The molecule has 0 fully saturated rings. The minimum atomic E-state index is 0.603. The largest absolute Gasteiger partial charge is 0.494 e. The molecule has 4 heteroatoms. The number of hydrogen-bond donors (Lipinski definition) is 0. The van der Waals surface area contributed by atoms with Gasteiger partial charge < -0.3 is 4.74 Å². The van der Waals surface area contributed by atoms with Gasteiger partial charge in [-0.25, -0.2) is 9.97 Å². The maximum absolute atomic E-state index is 6.32. The SMILES string of the molecule is CCOc1cccc(-c2nc(Cl)c3c(n2)CCCC3)c1. The lowest BCUT2D eigenvalue weighted by molar-refractivity contribution is 0.340. The van der Waals surface area contributed by atoms with E-state index in [1.54, 1.807) is 0 Å². The van der Waals surface area contributed by atoms with Gasteiger partial charge in [-0.3, -0.25) is 0 Å². The van der Waals surface area contributed by atoms with E-state index in [1.165, 1.54) is 12.8 Å². The molecule has 20 heavy (non-hydrogen) atoms. The quantitative estimate of drug-likeness (QED) is 0.799. The molecule has 0 atom stereocenters. The second-order valence-corrected chi connectivity index (χ2v) is 5.29. The zero-order valence-electron chi connectivity index (χ0n) is 11.5. The Kier molecular flexibility index (Phi) is 3.88. The van der Waals surface area contributed by atoms with E-state index in [0.29, 0.717) is 17.6 Å². The lowest BCUT2D eigenvalue weighted by Gasteiger charge is -2.16. The predicted molar refractivity (Wildman–Crippen MR) is 80.3 cm³/mol. The topological polar surface area (TPSA) is 35.0 Å². The van der Waals surface area contributed by atoms with E-state index in [-0.39, 0.29) is 0 Å². The van der Waals surface area contributed by atoms with Gasteiger partial charge in [0, 0.05) is 16.8 Å². The van der Waals surface area contributed by atoms with Crippen molar-refractivity contribution in [3.8, 4) is 17.1 Å². The molecule has 0 radical (unpaired) electrons. The average Bonchev–Trinajstić information content (AvgIpc) is 2.48. The van der Waals surface area contributed by atoms with Crippen molar-refractivity contribution in [2.45, 2.75) is 32.6 Å². The zero-order valence-corrected chi connectivity index (χ0v) is 12.3. The average molecular weight is 289 g/mol. The highest BCUT2D eigenvalue weighted by molar-refractivity contribution is 6.30. The molecule has 1 aromatic heterocycles. The predicted octanol–water partition coefficient (Wildman–Crippen LogP) is 4.07. The highest BCUT2D eigenvalue weighted by Gasteiger charge is 2.17. The Balaban J connectivity index is 2.01. The molecule has 2 aromatic rings. The normalized spacial score (nSPS) is 13.9. The summed E-state index contributed by atoms with van der Waals surface area (Å²) in [5.41, 5.74) is 3.18. The Morgan fingerprint density at radius 1 is 1.20 bits per heavy atom. The molecule has 3 nitrogen and oxygen atoms in total. The van der Waals surface area contributed by atoms with E-state index in [1.807, 2.05) is 31.2 Å². The van der Waals surface area contributed by atoms with Crippen LogP contribution in [-0.2, 0) is 12.8 Å². The fourth-order valence-corrected chi connectivity index (χ4v) is 2.85. The number of nitrogens with zero attached hydrogens (tertiary/aromatic N) is 2. The van der Waals surface area contributed by atoms with Crippen LogP contribution in [0.25, 0.3) is 11.4 Å². The third kappa shape index (κ3) is 2.63. The van der Waals surface area contributed by atoms with E-state index in [9.17, 15) is 0 Å². The van der Waals surface area contributed by atoms with E-state index in [0.717, 1.165) is 35.4 Å². The van der Waals surface area contributed by atoms with Gasteiger partial charge in [0.25, 0.3) is 0 Å². The van der Waals surface area contributed by atoms with Gasteiger partial charge in [0.05, 0.1) is 6.61 Å². The van der Waals surface area contributed by atoms with Gasteiger partial charge >= 0.3 is 0 Å². The summed E-state index contributed by atoms with van der Waals surface area (Å²) in [6.07, 6.45) is 4.34. The first-order valence-corrected chi connectivity index (χ1v) is 7.44. The fourth-order valence-electron chi connectivity index (χ4n) is 2.57. The monoisotopic (exact) mass is 288 g/mol. The van der Waals surface area contributed by atoms with Gasteiger partial charge in [-0.1, -0.05) is 23.7 Å². The fraction of sp³-hybridized carbons (Fsp3) is 0.375. The number of fused-ring (bicyclic) bond motifs is 1. The molecular formula is C16H17ClN2O. The van der Waals surface area contributed by atoms with Crippen LogP contribution >= 0.6 is 11.6 Å². The number of aromatic nitrogens is 2. The molecule has 0 spiro atoms. The summed E-state index contributed by atoms with van der Waals surface area (Å²) < 4.78 is 5.52. The Morgan fingerprint density at radius 2 is 2.05 bits per heavy atom. The number of halogens is 1. The molecule has 104 valence electrons. The summed E-state index contributed by atoms with van der Waals surface area (Å²) in [6.45, 7) is 2.62. The summed E-state index contributed by atoms with van der Waals surface area (Å²) in [6, 6.07) is 7.85. The third-order valence-electron chi connectivity index (χ3n) is 3.54. The first-order valence-electron chi connectivity index (χ1n) is 7.06. The molecular weight excluding hydrogens is 272 g/mol. The molecule has 1 heterocycles. The van der Waals surface area contributed by atoms with Crippen LogP contribution in [0.1, 0.15) is 31.0 Å². The van der Waals surface area contributed by atoms with E-state index in [2.05, 4.69) is 4.98 Å². The van der Waals surface area contributed by atoms with E-state index in [4.69, 9.17) is 21.3 Å². The summed E-state index contributed by atoms with van der Waals surface area (Å²) in [5, 5.41) is 0.603. The van der Waals surface area contributed by atoms with Gasteiger partial charge in [-0.15, -0.1) is 0 Å². The maximum Gasteiger partial charge on any atom is 0.161 e. The van der Waals surface area contributed by atoms with Crippen LogP contribution in [0.2, 0.25) is 5.15 Å². The number of benzene rings is 1. The Morgan fingerprint density at radius 3 is 2.90 bits per heavy atom. The molecule has 3 rings (SSSR count). The molecule has 0 saturated heterocycles. The van der Waals surface area contributed by atoms with Crippen LogP contribution < -0.4 is 4.74 Å². The first-order chi connectivity index (χ1) is 9.78. The van der Waals surface area contributed by atoms with Crippen molar-refractivity contribution >= 4 is 11.6 Å². The summed E-state index contributed by atoms with van der Waals surface area (Å²) in [4.78, 5) is 9.15. The van der Waals surface area contributed by atoms with Crippen LogP contribution in [0.3, 0.4) is 0 Å². The summed E-state index contributed by atoms with van der Waals surface area (Å²) in [7, 11) is 0. The number of ether oxygens (including phenoxy) is 1. The van der Waals surface area contributed by atoms with Gasteiger partial charge in [0.1, 0.15) is 10.9 Å². The van der Waals surface area contributed by atoms with Crippen molar-refractivity contribution in [1.29, 1.82) is 0 Å². The minimum absolute atomic E-state index is 0.603. The van der Waals surface area contributed by atoms with Crippen molar-refractivity contribution in [1.82, 2.24) is 9.97 Å². The first kappa shape index (κ1) is 13.4. The molecule has 1 aromatic carbocycles. The third-order valence-corrected chi connectivity index (χ3v) is 3.85. The number of aryl methyl sites for hydroxylation is 1. The second kappa shape index (κ2) is 5.80. The Hall–Kier alpha value is -1.61. The molecule has 0 aliphatic heterocycles. The standard InChI is InChI=1S/C16H17ClN2O/c1-2-20-12-7-5-6-11(10-12)16-18-14-9-4-3-8-13(14)15(17)19-16/h5-7,10H,2-4,8-9H2,1H3. The lowest BCUT2D eigenvalue weighted by atomic mass is 9.97. The van der Waals surface area contributed by atoms with Crippen LogP contribution in [0.5, 0.6) is 5.75 Å². The van der Waals surface area contributed by atoms with E-state index < -0.39 is 0 Å². The van der Waals surface area contributed by atoms with Crippen molar-refractivity contribution in [3.63, 3.8) is 0 Å².